The van der Waals surface area contributed by atoms with Crippen molar-refractivity contribution in [3.05, 3.63) is 32.7 Å². The minimum atomic E-state index is -0.367. The lowest BCUT2D eigenvalue weighted by atomic mass is 9.92. The second kappa shape index (κ2) is 6.59. The quantitative estimate of drug-likeness (QED) is 0.646. The van der Waals surface area contributed by atoms with E-state index in [1.165, 1.54) is 11.6 Å². The number of aryl methyl sites for hydroxylation is 1. The highest BCUT2D eigenvalue weighted by molar-refractivity contribution is 5.75. The Hall–Kier alpha value is -2.39. The van der Waals surface area contributed by atoms with Crippen LogP contribution in [0.15, 0.2) is 15.8 Å². The van der Waals surface area contributed by atoms with Crippen LogP contribution < -0.4 is 11.2 Å². The molecule has 28 heavy (non-hydrogen) atoms. The molecule has 3 aromatic rings. The summed E-state index contributed by atoms with van der Waals surface area (Å²) in [4.78, 5) is 32.2. The van der Waals surface area contributed by atoms with Gasteiger partial charge in [0.15, 0.2) is 11.2 Å². The number of rotatable bonds is 3. The van der Waals surface area contributed by atoms with E-state index in [-0.39, 0.29) is 16.7 Å². The number of ether oxygens (including phenoxy) is 1. The monoisotopic (exact) mass is 388 g/mol. The molecule has 0 aromatic carbocycles. The Morgan fingerprint density at radius 3 is 2.39 bits per heavy atom. The Kier molecular flexibility index (Phi) is 4.46. The molecule has 0 amide bonds. The molecule has 3 aromatic heterocycles. The van der Waals surface area contributed by atoms with E-state index in [1.54, 1.807) is 7.05 Å². The average molecular weight is 388 g/mol. The predicted molar refractivity (Wildman–Crippen MR) is 107 cm³/mol. The van der Waals surface area contributed by atoms with Crippen molar-refractivity contribution in [2.24, 2.45) is 14.1 Å². The lowest BCUT2D eigenvalue weighted by Gasteiger charge is -2.28. The first-order chi connectivity index (χ1) is 13.2. The Balaban J connectivity index is 1.90. The maximum absolute atomic E-state index is 12.8. The van der Waals surface area contributed by atoms with Crippen molar-refractivity contribution in [2.75, 3.05) is 32.8 Å². The summed E-state index contributed by atoms with van der Waals surface area (Å²) in [5.41, 5.74) is 1.18. The van der Waals surface area contributed by atoms with Crippen LogP contribution in [0.1, 0.15) is 26.5 Å². The minimum absolute atomic E-state index is 0.107. The number of aromatic nitrogens is 5. The first-order valence-corrected chi connectivity index (χ1v) is 9.68. The molecule has 4 rings (SSSR count). The lowest BCUT2D eigenvalue weighted by molar-refractivity contribution is 0.0363. The Bertz CT molecular complexity index is 1150. The number of hydrogen-bond acceptors (Lipinski definition) is 5. The van der Waals surface area contributed by atoms with E-state index in [4.69, 9.17) is 9.72 Å². The van der Waals surface area contributed by atoms with E-state index in [0.717, 1.165) is 49.7 Å². The van der Waals surface area contributed by atoms with E-state index >= 15 is 0 Å². The predicted octanol–water partition coefficient (Wildman–Crippen LogP) is 0.316. The molecule has 0 radical (unpaired) electrons. The van der Waals surface area contributed by atoms with Gasteiger partial charge in [0, 0.05) is 57.6 Å². The molecule has 0 unspecified atom stereocenters. The van der Waals surface area contributed by atoms with Gasteiger partial charge in [-0.1, -0.05) is 20.8 Å². The molecule has 152 valence electrons. The first kappa shape index (κ1) is 18.9. The first-order valence-electron chi connectivity index (χ1n) is 9.68. The molecule has 0 saturated carbocycles. The fourth-order valence-corrected chi connectivity index (χ4v) is 3.90. The zero-order valence-electron chi connectivity index (χ0n) is 17.2. The normalized spacial score (nSPS) is 16.5. The average Bonchev–Trinajstić information content (AvgIpc) is 3.20. The van der Waals surface area contributed by atoms with E-state index in [9.17, 15) is 9.59 Å². The van der Waals surface area contributed by atoms with Crippen LogP contribution in [-0.4, -0.2) is 60.8 Å². The summed E-state index contributed by atoms with van der Waals surface area (Å²) in [6, 6.07) is 0. The summed E-state index contributed by atoms with van der Waals surface area (Å²) in [5.74, 6) is 0.700. The molecule has 0 spiro atoms. The van der Waals surface area contributed by atoms with Crippen molar-refractivity contribution in [2.45, 2.75) is 32.7 Å². The van der Waals surface area contributed by atoms with Crippen LogP contribution in [0.5, 0.6) is 0 Å². The van der Waals surface area contributed by atoms with Crippen molar-refractivity contribution in [3.63, 3.8) is 0 Å². The lowest BCUT2D eigenvalue weighted by Crippen LogP contribution is -2.38. The van der Waals surface area contributed by atoms with Crippen molar-refractivity contribution >= 4 is 16.9 Å². The molecule has 0 atom stereocenters. The van der Waals surface area contributed by atoms with E-state index in [0.29, 0.717) is 16.9 Å². The molecule has 9 heteroatoms. The highest BCUT2D eigenvalue weighted by Gasteiger charge is 2.26. The second-order valence-electron chi connectivity index (χ2n) is 8.53. The van der Waals surface area contributed by atoms with Gasteiger partial charge in [-0.15, -0.1) is 0 Å². The van der Waals surface area contributed by atoms with Crippen molar-refractivity contribution in [1.29, 1.82) is 0 Å². The van der Waals surface area contributed by atoms with E-state index in [1.807, 2.05) is 10.6 Å². The number of fused-ring (bicyclic) bond motifs is 3. The second-order valence-corrected chi connectivity index (χ2v) is 8.53. The molecular formula is C19H28N6O3. The third kappa shape index (κ3) is 2.89. The van der Waals surface area contributed by atoms with Crippen LogP contribution in [0.4, 0.5) is 0 Å². The van der Waals surface area contributed by atoms with Gasteiger partial charge in [0.25, 0.3) is 5.56 Å². The highest BCUT2D eigenvalue weighted by atomic mass is 16.5. The van der Waals surface area contributed by atoms with Gasteiger partial charge >= 0.3 is 5.69 Å². The Morgan fingerprint density at radius 1 is 1.07 bits per heavy atom. The van der Waals surface area contributed by atoms with Crippen molar-refractivity contribution in [1.82, 2.24) is 28.0 Å². The molecule has 1 fully saturated rings. The van der Waals surface area contributed by atoms with E-state index < -0.39 is 0 Å². The van der Waals surface area contributed by atoms with Crippen LogP contribution in [0.3, 0.4) is 0 Å². The fraction of sp³-hybridized carbons (Fsp3) is 0.632. The molecule has 9 nitrogen and oxygen atoms in total. The molecule has 1 aliphatic rings. The van der Waals surface area contributed by atoms with Crippen molar-refractivity contribution in [3.8, 4) is 0 Å². The van der Waals surface area contributed by atoms with Gasteiger partial charge in [0.2, 0.25) is 5.78 Å². The van der Waals surface area contributed by atoms with Gasteiger partial charge in [0.05, 0.1) is 13.2 Å². The maximum atomic E-state index is 12.8. The standard InChI is InChI=1S/C19H28N6O3/c1-19(2,3)13-12-25-14-15(21(4)18(27)22(5)16(14)26)20-17(25)24(13)7-6-23-8-10-28-11-9-23/h12H,6-11H2,1-5H3. The van der Waals surface area contributed by atoms with Gasteiger partial charge in [-0.05, 0) is 0 Å². The van der Waals surface area contributed by atoms with Gasteiger partial charge in [-0.2, -0.15) is 4.98 Å². The topological polar surface area (TPSA) is 78.7 Å². The fourth-order valence-electron chi connectivity index (χ4n) is 3.90. The third-order valence-corrected chi connectivity index (χ3v) is 5.57. The molecule has 0 bridgehead atoms. The molecule has 1 aliphatic heterocycles. The summed E-state index contributed by atoms with van der Waals surface area (Å²) in [5, 5.41) is 0. The summed E-state index contributed by atoms with van der Waals surface area (Å²) in [6.07, 6.45) is 2.00. The van der Waals surface area contributed by atoms with Gasteiger partial charge in [-0.3, -0.25) is 23.2 Å². The van der Waals surface area contributed by atoms with Crippen LogP contribution >= 0.6 is 0 Å². The number of hydrogen-bond donors (Lipinski definition) is 0. The molecule has 4 heterocycles. The molecular weight excluding hydrogens is 360 g/mol. The Morgan fingerprint density at radius 2 is 1.75 bits per heavy atom. The zero-order valence-corrected chi connectivity index (χ0v) is 17.2. The Labute approximate surface area is 162 Å². The maximum Gasteiger partial charge on any atom is 0.332 e. The molecule has 0 N–H and O–H groups in total. The molecule has 1 saturated heterocycles. The van der Waals surface area contributed by atoms with Crippen LogP contribution in [0.2, 0.25) is 0 Å². The van der Waals surface area contributed by atoms with Gasteiger partial charge in [0.1, 0.15) is 0 Å². The number of imidazole rings is 2. The summed E-state index contributed by atoms with van der Waals surface area (Å²) >= 11 is 0. The molecule has 0 aliphatic carbocycles. The van der Waals surface area contributed by atoms with E-state index in [2.05, 4.69) is 30.2 Å². The summed E-state index contributed by atoms with van der Waals surface area (Å²) in [6.45, 7) is 11.5. The smallest absolute Gasteiger partial charge is 0.332 e. The minimum Gasteiger partial charge on any atom is -0.379 e. The third-order valence-electron chi connectivity index (χ3n) is 5.57. The van der Waals surface area contributed by atoms with Gasteiger partial charge < -0.3 is 9.30 Å². The number of nitrogens with zero attached hydrogens (tertiary/aromatic N) is 6. The van der Waals surface area contributed by atoms with Crippen LogP contribution in [0.25, 0.3) is 16.9 Å². The SMILES string of the molecule is Cn1c(=O)c2c(nc3n(CCN4CCOCC4)c(C(C)(C)C)cn23)n(C)c1=O. The van der Waals surface area contributed by atoms with Crippen LogP contribution in [-0.2, 0) is 30.8 Å². The highest BCUT2D eigenvalue weighted by Crippen LogP contribution is 2.27. The van der Waals surface area contributed by atoms with Crippen molar-refractivity contribution < 1.29 is 4.74 Å². The van der Waals surface area contributed by atoms with Gasteiger partial charge in [-0.25, -0.2) is 4.79 Å². The summed E-state index contributed by atoms with van der Waals surface area (Å²) < 4.78 is 12.0. The van der Waals surface area contributed by atoms with Crippen LogP contribution in [0, 0.1) is 0 Å². The summed E-state index contributed by atoms with van der Waals surface area (Å²) in [7, 11) is 3.16. The largest absolute Gasteiger partial charge is 0.379 e. The number of morpholine rings is 1. The zero-order chi connectivity index (χ0) is 20.2.